The molecule has 0 aliphatic carbocycles. The SMILES string of the molecule is COc1c(Cl)cc(I)cc1Cl.COc1c(Cl)cc(Oc2cccc(C)c2)cc1Cl.Cc1cccc(O)c1. The van der Waals surface area contributed by atoms with Crippen molar-refractivity contribution in [1.29, 1.82) is 0 Å². The number of phenolic OH excluding ortho intramolecular Hbond substituents is 1. The largest absolute Gasteiger partial charge is 0.508 e. The molecule has 4 aromatic carbocycles. The molecule has 37 heavy (non-hydrogen) atoms. The Morgan fingerprint density at radius 3 is 1.49 bits per heavy atom. The second-order valence-electron chi connectivity index (χ2n) is 7.58. The highest BCUT2D eigenvalue weighted by atomic mass is 127. The summed E-state index contributed by atoms with van der Waals surface area (Å²) in [6.45, 7) is 3.94. The fourth-order valence-electron chi connectivity index (χ4n) is 2.96. The Kier molecular flexibility index (Phi) is 13.0. The van der Waals surface area contributed by atoms with Crippen LogP contribution in [0.1, 0.15) is 11.1 Å². The zero-order chi connectivity index (χ0) is 27.5. The summed E-state index contributed by atoms with van der Waals surface area (Å²) in [5.41, 5.74) is 2.21. The molecule has 196 valence electrons. The molecule has 1 N–H and O–H groups in total. The molecular weight excluding hydrogens is 669 g/mol. The van der Waals surface area contributed by atoms with Gasteiger partial charge in [0.1, 0.15) is 17.2 Å². The Hall–Kier alpha value is -2.03. The number of halogens is 5. The minimum absolute atomic E-state index is 0.338. The van der Waals surface area contributed by atoms with Crippen LogP contribution < -0.4 is 14.2 Å². The van der Waals surface area contributed by atoms with Gasteiger partial charge in [-0.3, -0.25) is 0 Å². The lowest BCUT2D eigenvalue weighted by molar-refractivity contribution is 0.413. The summed E-state index contributed by atoms with van der Waals surface area (Å²) in [6.07, 6.45) is 0. The van der Waals surface area contributed by atoms with Gasteiger partial charge in [0.15, 0.2) is 11.5 Å². The van der Waals surface area contributed by atoms with Crippen molar-refractivity contribution >= 4 is 69.0 Å². The lowest BCUT2D eigenvalue weighted by Gasteiger charge is -2.10. The number of aromatic hydroxyl groups is 1. The zero-order valence-corrected chi connectivity index (χ0v) is 25.7. The van der Waals surface area contributed by atoms with E-state index in [-0.39, 0.29) is 0 Å². The van der Waals surface area contributed by atoms with Crippen molar-refractivity contribution in [2.45, 2.75) is 13.8 Å². The number of hydrogen-bond acceptors (Lipinski definition) is 4. The molecule has 0 bridgehead atoms. The Bertz CT molecular complexity index is 1270. The molecule has 0 saturated heterocycles. The second kappa shape index (κ2) is 15.4. The van der Waals surface area contributed by atoms with Crippen molar-refractivity contribution in [3.05, 3.63) is 108 Å². The topological polar surface area (TPSA) is 47.9 Å². The van der Waals surface area contributed by atoms with E-state index in [2.05, 4.69) is 22.6 Å². The van der Waals surface area contributed by atoms with Crippen LogP contribution in [-0.2, 0) is 0 Å². The molecule has 9 heteroatoms. The van der Waals surface area contributed by atoms with E-state index in [1.807, 2.05) is 50.2 Å². The number of aryl methyl sites for hydroxylation is 2. The van der Waals surface area contributed by atoms with Crippen LogP contribution in [0.5, 0.6) is 28.7 Å². The summed E-state index contributed by atoms with van der Waals surface area (Å²) in [6, 6.07) is 21.8. The van der Waals surface area contributed by atoms with Crippen LogP contribution in [0, 0.1) is 17.4 Å². The first-order valence-electron chi connectivity index (χ1n) is 10.8. The molecule has 0 fully saturated rings. The molecule has 0 aliphatic heterocycles. The van der Waals surface area contributed by atoms with Crippen LogP contribution in [0.25, 0.3) is 0 Å². The minimum atomic E-state index is 0.338. The van der Waals surface area contributed by atoms with Gasteiger partial charge in [0.2, 0.25) is 0 Å². The Balaban J connectivity index is 0.000000215. The van der Waals surface area contributed by atoms with E-state index in [4.69, 9.17) is 65.7 Å². The normalized spacial score (nSPS) is 9.86. The molecule has 0 heterocycles. The standard InChI is InChI=1S/C14H12Cl2O2.C7H5Cl2IO.C7H8O/c1-9-4-3-5-10(6-9)18-11-7-12(15)14(17-2)13(16)8-11;1-11-7-5(8)2-4(10)3-6(7)9;1-6-3-2-4-7(8)5-6/h3-8H,1-2H3;2-3H,1H3;2-5,8H,1H3. The molecule has 4 aromatic rings. The van der Waals surface area contributed by atoms with Crippen molar-refractivity contribution in [2.75, 3.05) is 14.2 Å². The van der Waals surface area contributed by atoms with Crippen LogP contribution in [0.4, 0.5) is 0 Å². The highest BCUT2D eigenvalue weighted by Gasteiger charge is 2.10. The predicted molar refractivity (Wildman–Crippen MR) is 163 cm³/mol. The average Bonchev–Trinajstić information content (AvgIpc) is 2.79. The van der Waals surface area contributed by atoms with E-state index < -0.39 is 0 Å². The third-order valence-electron chi connectivity index (χ3n) is 4.57. The molecule has 0 spiro atoms. The van der Waals surface area contributed by atoms with Crippen LogP contribution >= 0.6 is 69.0 Å². The molecule has 4 nitrogen and oxygen atoms in total. The van der Waals surface area contributed by atoms with E-state index >= 15 is 0 Å². The summed E-state index contributed by atoms with van der Waals surface area (Å²) in [7, 11) is 3.06. The van der Waals surface area contributed by atoms with Gasteiger partial charge in [0.05, 0.1) is 34.3 Å². The van der Waals surface area contributed by atoms with E-state index in [9.17, 15) is 0 Å². The van der Waals surface area contributed by atoms with E-state index in [0.717, 1.165) is 20.4 Å². The molecule has 0 atom stereocenters. The molecule has 0 aromatic heterocycles. The smallest absolute Gasteiger partial charge is 0.156 e. The fourth-order valence-corrected chi connectivity index (χ4v) is 5.21. The lowest BCUT2D eigenvalue weighted by Crippen LogP contribution is -1.89. The van der Waals surface area contributed by atoms with E-state index in [1.165, 1.54) is 7.11 Å². The Morgan fingerprint density at radius 2 is 1.08 bits per heavy atom. The molecule has 0 amide bonds. The van der Waals surface area contributed by atoms with Crippen molar-refractivity contribution in [3.8, 4) is 28.7 Å². The first-order chi connectivity index (χ1) is 17.5. The lowest BCUT2D eigenvalue weighted by atomic mass is 10.2. The summed E-state index contributed by atoms with van der Waals surface area (Å²) in [4.78, 5) is 0. The number of methoxy groups -OCH3 is 2. The average molecular weight is 694 g/mol. The van der Waals surface area contributed by atoms with E-state index in [1.54, 1.807) is 43.5 Å². The predicted octanol–water partition coefficient (Wildman–Crippen LogP) is 10.4. The maximum Gasteiger partial charge on any atom is 0.156 e. The number of ether oxygens (including phenoxy) is 3. The zero-order valence-electron chi connectivity index (χ0n) is 20.5. The van der Waals surface area contributed by atoms with Crippen molar-refractivity contribution in [1.82, 2.24) is 0 Å². The highest BCUT2D eigenvalue weighted by molar-refractivity contribution is 14.1. The van der Waals surface area contributed by atoms with Gasteiger partial charge in [-0.2, -0.15) is 0 Å². The Labute approximate surface area is 251 Å². The maximum absolute atomic E-state index is 8.81. The molecule has 0 saturated carbocycles. The third kappa shape index (κ3) is 10.3. The van der Waals surface area contributed by atoms with Crippen molar-refractivity contribution in [3.63, 3.8) is 0 Å². The monoisotopic (exact) mass is 692 g/mol. The number of phenols is 1. The quantitative estimate of drug-likeness (QED) is 0.216. The van der Waals surface area contributed by atoms with Gasteiger partial charge in [-0.15, -0.1) is 0 Å². The van der Waals surface area contributed by atoms with E-state index in [0.29, 0.717) is 43.1 Å². The number of benzene rings is 4. The molecule has 0 unspecified atom stereocenters. The summed E-state index contributed by atoms with van der Waals surface area (Å²) >= 11 is 25.9. The maximum atomic E-state index is 8.81. The van der Waals surface area contributed by atoms with Crippen LogP contribution in [0.3, 0.4) is 0 Å². The molecule has 4 rings (SSSR count). The van der Waals surface area contributed by atoms with Gasteiger partial charge < -0.3 is 19.3 Å². The summed E-state index contributed by atoms with van der Waals surface area (Å²) < 4.78 is 16.7. The number of rotatable bonds is 4. The Morgan fingerprint density at radius 1 is 0.622 bits per heavy atom. The van der Waals surface area contributed by atoms with Gasteiger partial charge in [-0.25, -0.2) is 0 Å². The van der Waals surface area contributed by atoms with Gasteiger partial charge >= 0.3 is 0 Å². The molecule has 0 radical (unpaired) electrons. The van der Waals surface area contributed by atoms with Crippen LogP contribution in [0.15, 0.2) is 72.8 Å². The highest BCUT2D eigenvalue weighted by Crippen LogP contribution is 2.38. The summed E-state index contributed by atoms with van der Waals surface area (Å²) in [5, 5.41) is 10.8. The first kappa shape index (κ1) is 31.2. The van der Waals surface area contributed by atoms with Crippen molar-refractivity contribution < 1.29 is 19.3 Å². The van der Waals surface area contributed by atoms with Gasteiger partial charge in [0.25, 0.3) is 0 Å². The second-order valence-corrected chi connectivity index (χ2v) is 10.5. The van der Waals surface area contributed by atoms with Crippen molar-refractivity contribution in [2.24, 2.45) is 0 Å². The van der Waals surface area contributed by atoms with Gasteiger partial charge in [0, 0.05) is 15.7 Å². The number of hydrogen-bond donors (Lipinski definition) is 1. The molecular formula is C28H25Cl4IO4. The van der Waals surface area contributed by atoms with Gasteiger partial charge in [-0.05, 0) is 84.0 Å². The van der Waals surface area contributed by atoms with Crippen LogP contribution in [-0.4, -0.2) is 19.3 Å². The third-order valence-corrected chi connectivity index (χ3v) is 6.32. The first-order valence-corrected chi connectivity index (χ1v) is 13.3. The minimum Gasteiger partial charge on any atom is -0.508 e. The molecule has 0 aliphatic rings. The fraction of sp³-hybridized carbons (Fsp3) is 0.143. The summed E-state index contributed by atoms with van der Waals surface area (Å²) in [5.74, 6) is 2.65. The van der Waals surface area contributed by atoms with Gasteiger partial charge in [-0.1, -0.05) is 70.7 Å². The van der Waals surface area contributed by atoms with Crippen LogP contribution in [0.2, 0.25) is 20.1 Å².